The fourth-order valence-corrected chi connectivity index (χ4v) is 3.34. The first-order chi connectivity index (χ1) is 15.2. The van der Waals surface area contributed by atoms with Crippen LogP contribution in [0.5, 0.6) is 0 Å². The lowest BCUT2D eigenvalue weighted by molar-refractivity contribution is -0.385. The Bertz CT molecular complexity index is 840. The van der Waals surface area contributed by atoms with Crippen LogP contribution < -0.4 is 0 Å². The van der Waals surface area contributed by atoms with Gasteiger partial charge in [0.05, 0.1) is 11.3 Å². The Balaban J connectivity index is 2.90. The summed E-state index contributed by atoms with van der Waals surface area (Å²) in [7, 11) is 1.68. The van der Waals surface area contributed by atoms with Crippen molar-refractivity contribution in [1.82, 2.24) is 9.80 Å². The maximum atomic E-state index is 14.2. The van der Waals surface area contributed by atoms with E-state index < -0.39 is 22.4 Å². The monoisotopic (exact) mass is 467 g/mol. The fourth-order valence-electron chi connectivity index (χ4n) is 3.34. The highest BCUT2D eigenvalue weighted by Gasteiger charge is 2.27. The summed E-state index contributed by atoms with van der Waals surface area (Å²) in [5.74, 6) is -0.819. The summed E-state index contributed by atoms with van der Waals surface area (Å²) in [6, 6.07) is 3.13. The molecule has 0 aromatic heterocycles. The van der Waals surface area contributed by atoms with Crippen molar-refractivity contribution in [2.45, 2.75) is 73.0 Å². The Morgan fingerprint density at radius 3 is 2.24 bits per heavy atom. The summed E-state index contributed by atoms with van der Waals surface area (Å²) in [4.78, 5) is 39.0. The quantitative estimate of drug-likeness (QED) is 0.355. The average molecular weight is 468 g/mol. The zero-order valence-electron chi connectivity index (χ0n) is 21.1. The van der Waals surface area contributed by atoms with E-state index in [-0.39, 0.29) is 41.5 Å². The Morgan fingerprint density at radius 1 is 1.15 bits per heavy atom. The zero-order valence-corrected chi connectivity index (χ0v) is 21.1. The molecule has 0 spiro atoms. The van der Waals surface area contributed by atoms with Crippen molar-refractivity contribution in [3.8, 4) is 0 Å². The molecule has 0 N–H and O–H groups in total. The molecule has 1 aromatic carbocycles. The van der Waals surface area contributed by atoms with Crippen molar-refractivity contribution < 1.29 is 23.6 Å². The molecule has 0 heterocycles. The molecular weight excluding hydrogens is 429 g/mol. The number of halogens is 1. The van der Waals surface area contributed by atoms with E-state index in [2.05, 4.69) is 0 Å². The molecule has 9 heteroatoms. The predicted octanol–water partition coefficient (Wildman–Crippen LogP) is 5.04. The largest absolute Gasteiger partial charge is 0.444 e. The van der Waals surface area contributed by atoms with Gasteiger partial charge in [-0.25, -0.2) is 9.18 Å². The Morgan fingerprint density at radius 2 is 1.73 bits per heavy atom. The van der Waals surface area contributed by atoms with Gasteiger partial charge in [-0.1, -0.05) is 20.8 Å². The molecule has 0 radical (unpaired) electrons. The number of nitro benzene ring substituents is 1. The number of hydrogen-bond donors (Lipinski definition) is 0. The molecule has 0 fully saturated rings. The van der Waals surface area contributed by atoms with Crippen LogP contribution in [-0.2, 0) is 16.0 Å². The van der Waals surface area contributed by atoms with E-state index in [1.165, 1.54) is 4.90 Å². The van der Waals surface area contributed by atoms with Crippen molar-refractivity contribution in [2.75, 3.05) is 20.1 Å². The topological polar surface area (TPSA) is 93.0 Å². The second-order valence-electron chi connectivity index (χ2n) is 9.83. The lowest BCUT2D eigenvalue weighted by Gasteiger charge is -2.34. The highest BCUT2D eigenvalue weighted by molar-refractivity contribution is 5.79. The molecule has 3 unspecified atom stereocenters. The molecule has 33 heavy (non-hydrogen) atoms. The average Bonchev–Trinajstić information content (AvgIpc) is 2.71. The normalized spacial score (nSPS) is 14.2. The number of carbonyl (C=O) groups is 2. The lowest BCUT2D eigenvalue weighted by atomic mass is 9.94. The molecule has 2 amide bonds. The van der Waals surface area contributed by atoms with Gasteiger partial charge in [0.15, 0.2) is 0 Å². The van der Waals surface area contributed by atoms with Crippen LogP contribution >= 0.6 is 0 Å². The third kappa shape index (κ3) is 8.98. The van der Waals surface area contributed by atoms with Gasteiger partial charge in [-0.2, -0.15) is 0 Å². The van der Waals surface area contributed by atoms with Gasteiger partial charge in [0.25, 0.3) is 5.69 Å². The molecule has 3 atom stereocenters. The van der Waals surface area contributed by atoms with Crippen molar-refractivity contribution in [3.05, 3.63) is 39.7 Å². The summed E-state index contributed by atoms with van der Waals surface area (Å²) < 4.78 is 19.6. The number of nitro groups is 1. The maximum Gasteiger partial charge on any atom is 0.410 e. The minimum Gasteiger partial charge on any atom is -0.444 e. The van der Waals surface area contributed by atoms with Gasteiger partial charge in [-0.15, -0.1) is 0 Å². The summed E-state index contributed by atoms with van der Waals surface area (Å²) in [5.41, 5.74) is -0.823. The number of carbonyl (C=O) groups excluding carboxylic acids is 2. The highest BCUT2D eigenvalue weighted by Crippen LogP contribution is 2.21. The van der Waals surface area contributed by atoms with Gasteiger partial charge in [-0.3, -0.25) is 14.9 Å². The zero-order chi connectivity index (χ0) is 25.5. The van der Waals surface area contributed by atoms with E-state index in [0.717, 1.165) is 18.2 Å². The van der Waals surface area contributed by atoms with Crippen LogP contribution in [0.4, 0.5) is 14.9 Å². The Labute approximate surface area is 196 Å². The van der Waals surface area contributed by atoms with Crippen LogP contribution in [0.2, 0.25) is 0 Å². The minimum absolute atomic E-state index is 0.00728. The summed E-state index contributed by atoms with van der Waals surface area (Å²) in [6.07, 6.45) is 0.0521. The molecule has 1 rings (SSSR count). The lowest BCUT2D eigenvalue weighted by Crippen LogP contribution is -2.44. The van der Waals surface area contributed by atoms with Gasteiger partial charge in [0.2, 0.25) is 5.91 Å². The molecule has 8 nitrogen and oxygen atoms in total. The maximum absolute atomic E-state index is 14.2. The molecule has 0 bridgehead atoms. The van der Waals surface area contributed by atoms with Crippen molar-refractivity contribution in [2.24, 2.45) is 11.8 Å². The fraction of sp³-hybridized carbons (Fsp3) is 0.667. The van der Waals surface area contributed by atoms with Gasteiger partial charge in [0.1, 0.15) is 11.4 Å². The van der Waals surface area contributed by atoms with Crippen molar-refractivity contribution in [3.63, 3.8) is 0 Å². The minimum atomic E-state index is -0.640. The number of hydrogen-bond acceptors (Lipinski definition) is 5. The second-order valence-corrected chi connectivity index (χ2v) is 9.83. The Hall–Kier alpha value is -2.71. The second kappa shape index (κ2) is 12.0. The third-order valence-electron chi connectivity index (χ3n) is 5.75. The smallest absolute Gasteiger partial charge is 0.410 e. The van der Waals surface area contributed by atoms with E-state index in [9.17, 15) is 24.1 Å². The number of ether oxygens (including phenoxy) is 1. The number of benzene rings is 1. The summed E-state index contributed by atoms with van der Waals surface area (Å²) in [6.45, 7) is 14.2. The molecule has 0 aliphatic rings. The number of amides is 2. The van der Waals surface area contributed by atoms with E-state index in [4.69, 9.17) is 4.74 Å². The Kier molecular flexibility index (Phi) is 10.3. The van der Waals surface area contributed by atoms with Gasteiger partial charge in [0, 0.05) is 43.9 Å². The first-order valence-corrected chi connectivity index (χ1v) is 11.3. The number of nitrogens with zero attached hydrogens (tertiary/aromatic N) is 3. The third-order valence-corrected chi connectivity index (χ3v) is 5.75. The van der Waals surface area contributed by atoms with Crippen molar-refractivity contribution in [1.29, 1.82) is 0 Å². The van der Waals surface area contributed by atoms with E-state index in [1.54, 1.807) is 11.9 Å². The van der Waals surface area contributed by atoms with E-state index in [1.807, 2.05) is 48.5 Å². The van der Waals surface area contributed by atoms with Crippen LogP contribution in [0, 0.1) is 27.8 Å². The van der Waals surface area contributed by atoms with Crippen LogP contribution in [0.3, 0.4) is 0 Å². The first kappa shape index (κ1) is 28.3. The van der Waals surface area contributed by atoms with Crippen LogP contribution in [0.25, 0.3) is 0 Å². The predicted molar refractivity (Wildman–Crippen MR) is 125 cm³/mol. The summed E-state index contributed by atoms with van der Waals surface area (Å²) in [5, 5.41) is 11.0. The summed E-state index contributed by atoms with van der Waals surface area (Å²) >= 11 is 0. The number of rotatable bonds is 10. The van der Waals surface area contributed by atoms with E-state index >= 15 is 0 Å². The van der Waals surface area contributed by atoms with Gasteiger partial charge in [-0.05, 0) is 52.0 Å². The standard InChI is InChI=1S/C24H38FN3O5/c1-9-18(4)27(22(29)13-19-12-20(28(31)32)10-11-21(19)25)15-17(3)16(2)14-26(8)23(30)33-24(5,6)7/h10-12,16-18H,9,13-15H2,1-8H3. The van der Waals surface area contributed by atoms with Gasteiger partial charge >= 0.3 is 6.09 Å². The van der Waals surface area contributed by atoms with Crippen LogP contribution in [0.1, 0.15) is 60.5 Å². The van der Waals surface area contributed by atoms with Crippen LogP contribution in [-0.4, -0.2) is 58.5 Å². The van der Waals surface area contributed by atoms with Crippen molar-refractivity contribution >= 4 is 17.7 Å². The molecule has 1 aromatic rings. The van der Waals surface area contributed by atoms with Crippen LogP contribution in [0.15, 0.2) is 18.2 Å². The van der Waals surface area contributed by atoms with Gasteiger partial charge < -0.3 is 14.5 Å². The molecule has 186 valence electrons. The molecule has 0 saturated carbocycles. The number of non-ortho nitro benzene ring substituents is 1. The molecule has 0 aliphatic heterocycles. The molecule has 0 saturated heterocycles. The first-order valence-electron chi connectivity index (χ1n) is 11.3. The molecule has 0 aliphatic carbocycles. The molecular formula is C24H38FN3O5. The SMILES string of the molecule is CCC(C)N(CC(C)C(C)CN(C)C(=O)OC(C)(C)C)C(=O)Cc1cc([N+](=O)[O-])ccc1F. The van der Waals surface area contributed by atoms with E-state index in [0.29, 0.717) is 19.5 Å². The highest BCUT2D eigenvalue weighted by atomic mass is 19.1.